The lowest BCUT2D eigenvalue weighted by atomic mass is 9.82. The van der Waals surface area contributed by atoms with E-state index in [1.807, 2.05) is 0 Å². The topological polar surface area (TPSA) is 93.1 Å². The van der Waals surface area contributed by atoms with Crippen molar-refractivity contribution in [3.63, 3.8) is 0 Å². The maximum Gasteiger partial charge on any atom is 0.338 e. The van der Waals surface area contributed by atoms with Crippen LogP contribution in [0.2, 0.25) is 0 Å². The molecule has 2 fully saturated rings. The number of aliphatic hydroxyl groups is 2. The lowest BCUT2D eigenvalue weighted by Gasteiger charge is -2.33. The van der Waals surface area contributed by atoms with E-state index >= 15 is 0 Å². The summed E-state index contributed by atoms with van der Waals surface area (Å²) < 4.78 is 10.2. The molecule has 0 radical (unpaired) electrons. The van der Waals surface area contributed by atoms with Gasteiger partial charge in [0.25, 0.3) is 0 Å². The fraction of sp³-hybridized carbons (Fsp3) is 0.429. The minimum Gasteiger partial charge on any atom is -0.456 e. The van der Waals surface area contributed by atoms with Crippen LogP contribution in [0, 0.1) is 0 Å². The third kappa shape index (κ3) is 2.07. The first-order chi connectivity index (χ1) is 9.49. The molecule has 2 bridgehead atoms. The minimum absolute atomic E-state index is 0.0373. The Balaban J connectivity index is 1.75. The van der Waals surface area contributed by atoms with E-state index in [4.69, 9.17) is 9.47 Å². The molecule has 1 aliphatic carbocycles. The van der Waals surface area contributed by atoms with E-state index in [9.17, 15) is 19.8 Å². The number of carbonyl (C=O) groups excluding carboxylic acids is 2. The average molecular weight is 278 g/mol. The second-order valence-corrected chi connectivity index (χ2v) is 5.19. The maximum atomic E-state index is 12.0. The van der Waals surface area contributed by atoms with Gasteiger partial charge in [-0.2, -0.15) is 0 Å². The van der Waals surface area contributed by atoms with Gasteiger partial charge in [-0.15, -0.1) is 0 Å². The van der Waals surface area contributed by atoms with Gasteiger partial charge in [0, 0.05) is 12.8 Å². The van der Waals surface area contributed by atoms with Crippen molar-refractivity contribution in [1.82, 2.24) is 0 Å². The van der Waals surface area contributed by atoms with Crippen molar-refractivity contribution >= 4 is 11.9 Å². The Hall–Kier alpha value is -1.92. The van der Waals surface area contributed by atoms with Gasteiger partial charge in [-0.25, -0.2) is 9.59 Å². The van der Waals surface area contributed by atoms with Crippen LogP contribution < -0.4 is 0 Å². The highest BCUT2D eigenvalue weighted by molar-refractivity contribution is 5.89. The highest BCUT2D eigenvalue weighted by atomic mass is 16.6. The molecule has 1 aliphatic heterocycles. The van der Waals surface area contributed by atoms with Crippen molar-refractivity contribution in [3.05, 3.63) is 35.9 Å². The normalized spacial score (nSPS) is 35.5. The zero-order valence-corrected chi connectivity index (χ0v) is 10.6. The zero-order valence-electron chi connectivity index (χ0n) is 10.6. The Kier molecular flexibility index (Phi) is 2.99. The summed E-state index contributed by atoms with van der Waals surface area (Å²) in [6, 6.07) is 8.35. The van der Waals surface area contributed by atoms with E-state index in [0.717, 1.165) is 0 Å². The van der Waals surface area contributed by atoms with E-state index in [0.29, 0.717) is 5.56 Å². The molecule has 1 saturated heterocycles. The second kappa shape index (κ2) is 4.57. The lowest BCUT2D eigenvalue weighted by Crippen LogP contribution is -2.50. The number of ether oxygens (including phenoxy) is 2. The zero-order chi connectivity index (χ0) is 14.3. The van der Waals surface area contributed by atoms with Crippen LogP contribution in [0.1, 0.15) is 23.2 Å². The molecular formula is C14H14O6. The Labute approximate surface area is 114 Å². The van der Waals surface area contributed by atoms with Crippen LogP contribution in [0.15, 0.2) is 30.3 Å². The number of esters is 2. The van der Waals surface area contributed by atoms with Gasteiger partial charge in [-0.05, 0) is 12.1 Å². The van der Waals surface area contributed by atoms with Gasteiger partial charge in [0.15, 0.2) is 11.7 Å². The minimum atomic E-state index is -1.65. The molecule has 20 heavy (non-hydrogen) atoms. The standard InChI is InChI=1S/C14H14O6/c15-9-6-14(18)7-10(19-13(14)17)11(9)20-12(16)8-4-2-1-3-5-8/h1-5,9-11,15,18H,6-7H2/t9-,10-,11-,14+/m1/s1. The summed E-state index contributed by atoms with van der Waals surface area (Å²) in [5.74, 6) is -1.36. The van der Waals surface area contributed by atoms with Crippen LogP contribution >= 0.6 is 0 Å². The fourth-order valence-electron chi connectivity index (χ4n) is 2.69. The van der Waals surface area contributed by atoms with Crippen LogP contribution in [0.4, 0.5) is 0 Å². The van der Waals surface area contributed by atoms with E-state index < -0.39 is 35.9 Å². The van der Waals surface area contributed by atoms with Gasteiger partial charge in [0.1, 0.15) is 6.10 Å². The van der Waals surface area contributed by atoms with Gasteiger partial charge in [0.2, 0.25) is 0 Å². The first-order valence-corrected chi connectivity index (χ1v) is 6.37. The van der Waals surface area contributed by atoms with Gasteiger partial charge < -0.3 is 19.7 Å². The molecule has 2 aliphatic rings. The lowest BCUT2D eigenvalue weighted by molar-refractivity contribution is -0.154. The van der Waals surface area contributed by atoms with Gasteiger partial charge in [-0.3, -0.25) is 0 Å². The first kappa shape index (κ1) is 13.1. The largest absolute Gasteiger partial charge is 0.456 e. The number of benzene rings is 1. The number of hydrogen-bond acceptors (Lipinski definition) is 6. The molecule has 0 spiro atoms. The molecule has 3 rings (SSSR count). The Morgan fingerprint density at radius 3 is 2.70 bits per heavy atom. The Bertz CT molecular complexity index is 542. The van der Waals surface area contributed by atoms with Crippen molar-refractivity contribution in [2.24, 2.45) is 0 Å². The van der Waals surface area contributed by atoms with Crippen molar-refractivity contribution in [2.45, 2.75) is 36.8 Å². The summed E-state index contributed by atoms with van der Waals surface area (Å²) in [7, 11) is 0. The molecule has 6 heteroatoms. The van der Waals surface area contributed by atoms with Crippen molar-refractivity contribution in [3.8, 4) is 0 Å². The molecule has 1 aromatic carbocycles. The monoisotopic (exact) mass is 278 g/mol. The van der Waals surface area contributed by atoms with Gasteiger partial charge in [0.05, 0.1) is 11.7 Å². The third-order valence-electron chi connectivity index (χ3n) is 3.72. The second-order valence-electron chi connectivity index (χ2n) is 5.19. The summed E-state index contributed by atoms with van der Waals surface area (Å²) in [5.41, 5.74) is -1.30. The number of aliphatic hydroxyl groups excluding tert-OH is 1. The Morgan fingerprint density at radius 1 is 1.30 bits per heavy atom. The molecule has 6 nitrogen and oxygen atoms in total. The van der Waals surface area contributed by atoms with Crippen LogP contribution in [-0.4, -0.2) is 46.1 Å². The molecule has 1 aromatic rings. The molecule has 1 saturated carbocycles. The van der Waals surface area contributed by atoms with E-state index in [-0.39, 0.29) is 12.8 Å². The number of hydrogen-bond donors (Lipinski definition) is 2. The summed E-state index contributed by atoms with van der Waals surface area (Å²) >= 11 is 0. The predicted octanol–water partition coefficient (Wildman–Crippen LogP) is 0.0232. The number of rotatable bonds is 2. The molecule has 1 heterocycles. The van der Waals surface area contributed by atoms with Crippen molar-refractivity contribution in [1.29, 1.82) is 0 Å². The van der Waals surface area contributed by atoms with Crippen LogP contribution in [0.3, 0.4) is 0 Å². The molecule has 0 aromatic heterocycles. The molecular weight excluding hydrogens is 264 g/mol. The summed E-state index contributed by atoms with van der Waals surface area (Å²) in [5, 5.41) is 19.9. The summed E-state index contributed by atoms with van der Waals surface area (Å²) in [4.78, 5) is 23.5. The van der Waals surface area contributed by atoms with Crippen LogP contribution in [0.5, 0.6) is 0 Å². The van der Waals surface area contributed by atoms with Gasteiger partial charge >= 0.3 is 11.9 Å². The maximum absolute atomic E-state index is 12.0. The predicted molar refractivity (Wildman–Crippen MR) is 65.7 cm³/mol. The highest BCUT2D eigenvalue weighted by Gasteiger charge is 2.58. The third-order valence-corrected chi connectivity index (χ3v) is 3.72. The van der Waals surface area contributed by atoms with Crippen LogP contribution in [0.25, 0.3) is 0 Å². The fourth-order valence-corrected chi connectivity index (χ4v) is 2.69. The molecule has 106 valence electrons. The van der Waals surface area contributed by atoms with Gasteiger partial charge in [-0.1, -0.05) is 18.2 Å². The SMILES string of the molecule is O=C(O[C@@H]1[C@H](O)C[C@]2(O)C[C@H]1OC2=O)c1ccccc1. The van der Waals surface area contributed by atoms with E-state index in [2.05, 4.69) is 0 Å². The van der Waals surface area contributed by atoms with E-state index in [1.165, 1.54) is 0 Å². The highest BCUT2D eigenvalue weighted by Crippen LogP contribution is 2.39. The van der Waals surface area contributed by atoms with Crippen LogP contribution in [-0.2, 0) is 14.3 Å². The van der Waals surface area contributed by atoms with Crippen molar-refractivity contribution in [2.75, 3.05) is 0 Å². The quantitative estimate of drug-likeness (QED) is 0.741. The molecule has 4 atom stereocenters. The Morgan fingerprint density at radius 2 is 2.00 bits per heavy atom. The number of fused-ring (bicyclic) bond motifs is 2. The first-order valence-electron chi connectivity index (χ1n) is 6.37. The molecule has 2 N–H and O–H groups in total. The molecule has 0 unspecified atom stereocenters. The summed E-state index contributed by atoms with van der Waals surface area (Å²) in [6.07, 6.45) is -3.03. The van der Waals surface area contributed by atoms with Crippen molar-refractivity contribution < 1.29 is 29.3 Å². The molecule has 0 amide bonds. The summed E-state index contributed by atoms with van der Waals surface area (Å²) in [6.45, 7) is 0. The van der Waals surface area contributed by atoms with E-state index in [1.54, 1.807) is 30.3 Å². The average Bonchev–Trinajstić information content (AvgIpc) is 2.67. The number of carbonyl (C=O) groups is 2. The smallest absolute Gasteiger partial charge is 0.338 e.